The van der Waals surface area contributed by atoms with Crippen LogP contribution in [-0.2, 0) is 0 Å². The largest absolute Gasteiger partial charge is 0.503 e. The second kappa shape index (κ2) is 9.84. The van der Waals surface area contributed by atoms with Crippen LogP contribution in [0.25, 0.3) is 5.57 Å². The van der Waals surface area contributed by atoms with E-state index in [4.69, 9.17) is 19.7 Å². The summed E-state index contributed by atoms with van der Waals surface area (Å²) >= 11 is 0. The second-order valence-electron chi connectivity index (χ2n) is 4.49. The molecule has 120 valence electrons. The maximum atomic E-state index is 8.56. The van der Waals surface area contributed by atoms with Gasteiger partial charge in [0.1, 0.15) is 5.75 Å². The molecule has 2 aromatic rings. The van der Waals surface area contributed by atoms with Gasteiger partial charge in [0.2, 0.25) is 0 Å². The van der Waals surface area contributed by atoms with Gasteiger partial charge in [-0.1, -0.05) is 60.7 Å². The Kier molecular flexibility index (Phi) is 7.72. The van der Waals surface area contributed by atoms with Crippen molar-refractivity contribution in [2.45, 2.75) is 6.92 Å². The Balaban J connectivity index is 0.000000593. The first-order valence-corrected chi connectivity index (χ1v) is 7.03. The van der Waals surface area contributed by atoms with Crippen molar-refractivity contribution >= 4 is 11.7 Å². The summed E-state index contributed by atoms with van der Waals surface area (Å²) in [4.78, 5) is 8.56. The van der Waals surface area contributed by atoms with E-state index in [1.165, 1.54) is 11.1 Å². The van der Waals surface area contributed by atoms with Gasteiger partial charge in [-0.25, -0.2) is 4.79 Å². The molecular weight excluding hydrogens is 292 g/mol. The SMILES string of the molecule is C/C=C/C=C(/c1ccccc1)c1cccc(OC)c1.O=C(O)O. The Bertz CT molecular complexity index is 669. The van der Waals surface area contributed by atoms with Gasteiger partial charge in [0, 0.05) is 0 Å². The smallest absolute Gasteiger partial charge is 0.497 e. The van der Waals surface area contributed by atoms with Crippen LogP contribution in [0.15, 0.2) is 72.8 Å². The van der Waals surface area contributed by atoms with Gasteiger partial charge < -0.3 is 14.9 Å². The lowest BCUT2D eigenvalue weighted by Gasteiger charge is -2.09. The molecule has 0 amide bonds. The fourth-order valence-corrected chi connectivity index (χ4v) is 1.96. The molecule has 2 aromatic carbocycles. The molecule has 0 heterocycles. The van der Waals surface area contributed by atoms with Crippen molar-refractivity contribution in [1.82, 2.24) is 0 Å². The first-order valence-electron chi connectivity index (χ1n) is 7.03. The Morgan fingerprint density at radius 1 is 1.00 bits per heavy atom. The van der Waals surface area contributed by atoms with Gasteiger partial charge in [-0.2, -0.15) is 0 Å². The van der Waals surface area contributed by atoms with Crippen molar-refractivity contribution in [1.29, 1.82) is 0 Å². The molecule has 23 heavy (non-hydrogen) atoms. The van der Waals surface area contributed by atoms with Crippen LogP contribution >= 0.6 is 0 Å². The van der Waals surface area contributed by atoms with E-state index in [9.17, 15) is 0 Å². The molecule has 2 N–H and O–H groups in total. The summed E-state index contributed by atoms with van der Waals surface area (Å²) in [6, 6.07) is 18.5. The summed E-state index contributed by atoms with van der Waals surface area (Å²) in [5.41, 5.74) is 3.55. The van der Waals surface area contributed by atoms with Crippen LogP contribution in [0.4, 0.5) is 4.79 Å². The van der Waals surface area contributed by atoms with E-state index >= 15 is 0 Å². The zero-order valence-electron chi connectivity index (χ0n) is 13.1. The number of methoxy groups -OCH3 is 1. The summed E-state index contributed by atoms with van der Waals surface area (Å²) in [5.74, 6) is 0.875. The van der Waals surface area contributed by atoms with E-state index in [2.05, 4.69) is 48.6 Å². The molecule has 4 nitrogen and oxygen atoms in total. The topological polar surface area (TPSA) is 66.8 Å². The van der Waals surface area contributed by atoms with Crippen LogP contribution in [0.3, 0.4) is 0 Å². The molecule has 0 unspecified atom stereocenters. The lowest BCUT2D eigenvalue weighted by molar-refractivity contribution is 0.137. The van der Waals surface area contributed by atoms with Gasteiger partial charge in [0.25, 0.3) is 0 Å². The predicted octanol–water partition coefficient (Wildman–Crippen LogP) is 4.93. The molecular formula is C19H20O4. The minimum atomic E-state index is -1.83. The van der Waals surface area contributed by atoms with Crippen LogP contribution < -0.4 is 4.74 Å². The molecule has 0 spiro atoms. The summed E-state index contributed by atoms with van der Waals surface area (Å²) in [7, 11) is 1.69. The zero-order valence-corrected chi connectivity index (χ0v) is 13.1. The van der Waals surface area contributed by atoms with Crippen molar-refractivity contribution in [2.24, 2.45) is 0 Å². The predicted molar refractivity (Wildman–Crippen MR) is 92.0 cm³/mol. The number of benzene rings is 2. The third-order valence-electron chi connectivity index (χ3n) is 2.92. The average Bonchev–Trinajstić information content (AvgIpc) is 2.56. The maximum Gasteiger partial charge on any atom is 0.503 e. The quantitative estimate of drug-likeness (QED) is 0.786. The molecule has 0 fully saturated rings. The Hall–Kier alpha value is -3.01. The summed E-state index contributed by atoms with van der Waals surface area (Å²) < 4.78 is 5.30. The molecule has 0 atom stereocenters. The summed E-state index contributed by atoms with van der Waals surface area (Å²) in [6.45, 7) is 2.02. The minimum absolute atomic E-state index is 0.875. The molecule has 0 saturated heterocycles. The van der Waals surface area contributed by atoms with Gasteiger partial charge >= 0.3 is 6.16 Å². The average molecular weight is 312 g/mol. The number of hydrogen-bond donors (Lipinski definition) is 2. The molecule has 0 bridgehead atoms. The van der Waals surface area contributed by atoms with Crippen molar-refractivity contribution < 1.29 is 19.7 Å². The number of carboxylic acid groups (broad SMARTS) is 2. The highest BCUT2D eigenvalue weighted by Crippen LogP contribution is 2.26. The molecule has 0 aliphatic carbocycles. The summed E-state index contributed by atoms with van der Waals surface area (Å²) in [5, 5.41) is 13.9. The molecule has 4 heteroatoms. The lowest BCUT2D eigenvalue weighted by atomic mass is 9.97. The first-order chi connectivity index (χ1) is 11.1. The van der Waals surface area contributed by atoms with Gasteiger partial charge in [-0.05, 0) is 35.8 Å². The van der Waals surface area contributed by atoms with Gasteiger partial charge in [-0.15, -0.1) is 0 Å². The normalized spacial score (nSPS) is 10.8. The van der Waals surface area contributed by atoms with Crippen LogP contribution in [0.2, 0.25) is 0 Å². The monoisotopic (exact) mass is 312 g/mol. The molecule has 0 aromatic heterocycles. The van der Waals surface area contributed by atoms with Crippen molar-refractivity contribution in [3.63, 3.8) is 0 Å². The first kappa shape index (κ1) is 18.0. The highest BCUT2D eigenvalue weighted by molar-refractivity contribution is 5.81. The zero-order chi connectivity index (χ0) is 17.1. The van der Waals surface area contributed by atoms with Crippen molar-refractivity contribution in [2.75, 3.05) is 7.11 Å². The fraction of sp³-hybridized carbons (Fsp3) is 0.105. The van der Waals surface area contributed by atoms with Gasteiger partial charge in [0.05, 0.1) is 7.11 Å². The van der Waals surface area contributed by atoms with Crippen molar-refractivity contribution in [3.8, 4) is 5.75 Å². The number of rotatable bonds is 4. The third kappa shape index (κ3) is 6.52. The van der Waals surface area contributed by atoms with Crippen LogP contribution in [-0.4, -0.2) is 23.5 Å². The van der Waals surface area contributed by atoms with Crippen molar-refractivity contribution in [3.05, 3.63) is 84.0 Å². The van der Waals surface area contributed by atoms with E-state index < -0.39 is 6.16 Å². The van der Waals surface area contributed by atoms with E-state index in [-0.39, 0.29) is 0 Å². The van der Waals surface area contributed by atoms with Gasteiger partial charge in [0.15, 0.2) is 0 Å². The van der Waals surface area contributed by atoms with E-state index in [1.54, 1.807) is 7.11 Å². The number of carbonyl (C=O) groups is 1. The molecule has 0 aliphatic heterocycles. The molecule has 0 radical (unpaired) electrons. The Labute approximate surface area is 136 Å². The summed E-state index contributed by atoms with van der Waals surface area (Å²) in [6.07, 6.45) is 4.38. The third-order valence-corrected chi connectivity index (χ3v) is 2.92. The highest BCUT2D eigenvalue weighted by atomic mass is 16.6. The Morgan fingerprint density at radius 2 is 1.61 bits per heavy atom. The standard InChI is InChI=1S/C18H18O.CH2O3/c1-3-4-13-18(15-9-6-5-7-10-15)16-11-8-12-17(14-16)19-2;2-1(3)4/h3-14H,1-2H3;(H2,2,3,4)/b4-3+,18-13-;. The number of ether oxygens (including phenoxy) is 1. The lowest BCUT2D eigenvalue weighted by Crippen LogP contribution is -1.89. The Morgan fingerprint density at radius 3 is 2.17 bits per heavy atom. The molecule has 0 aliphatic rings. The van der Waals surface area contributed by atoms with E-state index in [0.717, 1.165) is 11.3 Å². The molecule has 2 rings (SSSR count). The van der Waals surface area contributed by atoms with E-state index in [1.807, 2.05) is 31.2 Å². The van der Waals surface area contributed by atoms with Crippen LogP contribution in [0, 0.1) is 0 Å². The fourth-order valence-electron chi connectivity index (χ4n) is 1.96. The maximum absolute atomic E-state index is 8.56. The van der Waals surface area contributed by atoms with Crippen LogP contribution in [0.1, 0.15) is 18.1 Å². The highest BCUT2D eigenvalue weighted by Gasteiger charge is 2.04. The second-order valence-corrected chi connectivity index (χ2v) is 4.49. The van der Waals surface area contributed by atoms with E-state index in [0.29, 0.717) is 0 Å². The number of hydrogen-bond acceptors (Lipinski definition) is 2. The number of allylic oxidation sites excluding steroid dienone is 3. The minimum Gasteiger partial charge on any atom is -0.497 e. The molecule has 0 saturated carbocycles. The van der Waals surface area contributed by atoms with Gasteiger partial charge in [-0.3, -0.25) is 0 Å². The van der Waals surface area contributed by atoms with Crippen LogP contribution in [0.5, 0.6) is 5.75 Å².